The molecular formula is C11H13FN2O4S. The number of hydrogen-bond acceptors (Lipinski definition) is 4. The molecule has 0 aliphatic carbocycles. The van der Waals surface area contributed by atoms with Crippen LogP contribution in [0, 0.1) is 15.9 Å². The van der Waals surface area contributed by atoms with Gasteiger partial charge in [-0.3, -0.25) is 19.1 Å². The van der Waals surface area contributed by atoms with E-state index in [2.05, 4.69) is 5.32 Å². The molecule has 8 heteroatoms. The maximum absolute atomic E-state index is 13.3. The zero-order valence-electron chi connectivity index (χ0n) is 10.4. The van der Waals surface area contributed by atoms with E-state index in [9.17, 15) is 23.5 Å². The highest BCUT2D eigenvalue weighted by atomic mass is 32.2. The normalized spacial score (nSPS) is 13.6. The smallest absolute Gasteiger partial charge is 0.304 e. The fourth-order valence-electron chi connectivity index (χ4n) is 1.50. The van der Waals surface area contributed by atoms with Gasteiger partial charge in [0.25, 0.3) is 5.91 Å². The summed E-state index contributed by atoms with van der Waals surface area (Å²) in [7, 11) is -1.06. The standard InChI is InChI=1S/C11H13FN2O4S/c1-7(6-19(2)18)13-11(15)8-3-4-10(14(16)17)9(12)5-8/h3-5,7H,6H2,1-2H3,(H,13,15). The SMILES string of the molecule is CC(CS(C)=O)NC(=O)c1ccc([N+](=O)[O-])c(F)c1. The van der Waals surface area contributed by atoms with E-state index >= 15 is 0 Å². The van der Waals surface area contributed by atoms with Crippen molar-refractivity contribution in [1.29, 1.82) is 0 Å². The second-order valence-corrected chi connectivity index (χ2v) is 5.52. The van der Waals surface area contributed by atoms with Crippen LogP contribution in [-0.2, 0) is 10.8 Å². The molecule has 0 spiro atoms. The van der Waals surface area contributed by atoms with Gasteiger partial charge in [0.2, 0.25) is 5.82 Å². The second-order valence-electron chi connectivity index (χ2n) is 4.04. The van der Waals surface area contributed by atoms with Crippen molar-refractivity contribution in [2.24, 2.45) is 0 Å². The Morgan fingerprint density at radius 2 is 2.21 bits per heavy atom. The van der Waals surface area contributed by atoms with Crippen LogP contribution in [0.4, 0.5) is 10.1 Å². The number of hydrogen-bond donors (Lipinski definition) is 1. The molecule has 0 radical (unpaired) electrons. The highest BCUT2D eigenvalue weighted by Gasteiger charge is 2.17. The summed E-state index contributed by atoms with van der Waals surface area (Å²) in [6.07, 6.45) is 1.51. The number of carbonyl (C=O) groups excluding carboxylic acids is 1. The van der Waals surface area contributed by atoms with E-state index in [1.54, 1.807) is 6.92 Å². The molecule has 1 amide bonds. The van der Waals surface area contributed by atoms with E-state index in [-0.39, 0.29) is 17.4 Å². The third-order valence-electron chi connectivity index (χ3n) is 2.27. The monoisotopic (exact) mass is 288 g/mol. The van der Waals surface area contributed by atoms with Crippen molar-refractivity contribution >= 4 is 22.4 Å². The number of nitrogens with zero attached hydrogens (tertiary/aromatic N) is 1. The average molecular weight is 288 g/mol. The molecule has 19 heavy (non-hydrogen) atoms. The molecule has 1 aromatic rings. The first kappa shape index (κ1) is 15.2. The molecule has 1 N–H and O–H groups in total. The predicted octanol–water partition coefficient (Wildman–Crippen LogP) is 1.23. The molecule has 0 aromatic heterocycles. The van der Waals surface area contributed by atoms with Crippen LogP contribution >= 0.6 is 0 Å². The van der Waals surface area contributed by atoms with Crippen LogP contribution in [0.5, 0.6) is 0 Å². The Hall–Kier alpha value is -1.83. The van der Waals surface area contributed by atoms with Crippen molar-refractivity contribution < 1.29 is 18.3 Å². The van der Waals surface area contributed by atoms with Gasteiger partial charge in [-0.1, -0.05) is 0 Å². The summed E-state index contributed by atoms with van der Waals surface area (Å²) in [5.41, 5.74) is -0.698. The van der Waals surface area contributed by atoms with Gasteiger partial charge in [-0.15, -0.1) is 0 Å². The lowest BCUT2D eigenvalue weighted by Crippen LogP contribution is -2.36. The summed E-state index contributed by atoms with van der Waals surface area (Å²) in [4.78, 5) is 21.3. The number of rotatable bonds is 5. The first-order chi connectivity index (χ1) is 8.81. The van der Waals surface area contributed by atoms with E-state index in [1.807, 2.05) is 0 Å². The number of halogens is 1. The number of benzene rings is 1. The fourth-order valence-corrected chi connectivity index (χ4v) is 2.28. The molecule has 0 aliphatic rings. The number of carbonyl (C=O) groups is 1. The summed E-state index contributed by atoms with van der Waals surface area (Å²) in [5, 5.41) is 13.0. The zero-order chi connectivity index (χ0) is 14.6. The molecule has 1 rings (SSSR count). The Morgan fingerprint density at radius 3 is 2.68 bits per heavy atom. The lowest BCUT2D eigenvalue weighted by atomic mass is 10.2. The van der Waals surface area contributed by atoms with E-state index in [0.29, 0.717) is 0 Å². The third kappa shape index (κ3) is 4.40. The van der Waals surface area contributed by atoms with Crippen molar-refractivity contribution in [3.05, 3.63) is 39.7 Å². The summed E-state index contributed by atoms with van der Waals surface area (Å²) in [6.45, 7) is 1.67. The third-order valence-corrected chi connectivity index (χ3v) is 3.24. The Balaban J connectivity index is 2.81. The molecule has 104 valence electrons. The topological polar surface area (TPSA) is 89.3 Å². The average Bonchev–Trinajstić information content (AvgIpc) is 2.26. The predicted molar refractivity (Wildman–Crippen MR) is 68.9 cm³/mol. The molecule has 0 saturated heterocycles. The van der Waals surface area contributed by atoms with E-state index < -0.39 is 33.1 Å². The Kier molecular flexibility index (Phi) is 5.11. The molecule has 0 saturated carbocycles. The van der Waals surface area contributed by atoms with Gasteiger partial charge in [-0.05, 0) is 19.1 Å². The molecular weight excluding hydrogens is 275 g/mol. The molecule has 6 nitrogen and oxygen atoms in total. The first-order valence-corrected chi connectivity index (χ1v) is 7.08. The molecule has 1 aromatic carbocycles. The molecule has 2 atom stereocenters. The number of nitro benzene ring substituents is 1. The Bertz CT molecular complexity index is 535. The van der Waals surface area contributed by atoms with Gasteiger partial charge in [0.15, 0.2) is 0 Å². The van der Waals surface area contributed by atoms with Crippen molar-refractivity contribution in [3.8, 4) is 0 Å². The van der Waals surface area contributed by atoms with Gasteiger partial charge in [0.1, 0.15) is 0 Å². The summed E-state index contributed by atoms with van der Waals surface area (Å²) >= 11 is 0. The van der Waals surface area contributed by atoms with Gasteiger partial charge in [-0.2, -0.15) is 4.39 Å². The first-order valence-electron chi connectivity index (χ1n) is 5.36. The van der Waals surface area contributed by atoms with Crippen molar-refractivity contribution in [1.82, 2.24) is 5.32 Å². The van der Waals surface area contributed by atoms with Crippen LogP contribution in [0.3, 0.4) is 0 Å². The molecule has 0 fully saturated rings. The van der Waals surface area contributed by atoms with Crippen LogP contribution in [-0.4, -0.2) is 33.1 Å². The lowest BCUT2D eigenvalue weighted by molar-refractivity contribution is -0.387. The maximum Gasteiger partial charge on any atom is 0.304 e. The van der Waals surface area contributed by atoms with E-state index in [0.717, 1.165) is 12.1 Å². The second kappa shape index (κ2) is 6.37. The van der Waals surface area contributed by atoms with Crippen LogP contribution < -0.4 is 5.32 Å². The molecule has 0 aliphatic heterocycles. The largest absolute Gasteiger partial charge is 0.349 e. The van der Waals surface area contributed by atoms with Crippen molar-refractivity contribution in [2.75, 3.05) is 12.0 Å². The van der Waals surface area contributed by atoms with Crippen LogP contribution in [0.15, 0.2) is 18.2 Å². The minimum absolute atomic E-state index is 0.0168. The Labute approximate surface area is 111 Å². The number of amides is 1. The molecule has 0 heterocycles. The number of nitro groups is 1. The van der Waals surface area contributed by atoms with Gasteiger partial charge in [-0.25, -0.2) is 0 Å². The number of nitrogens with one attached hydrogen (secondary N) is 1. The van der Waals surface area contributed by atoms with E-state index in [1.165, 1.54) is 12.3 Å². The maximum atomic E-state index is 13.3. The molecule has 2 unspecified atom stereocenters. The lowest BCUT2D eigenvalue weighted by Gasteiger charge is -2.12. The van der Waals surface area contributed by atoms with Gasteiger partial charge in [0, 0.05) is 40.5 Å². The minimum Gasteiger partial charge on any atom is -0.349 e. The summed E-state index contributed by atoms with van der Waals surface area (Å²) in [6, 6.07) is 2.58. The van der Waals surface area contributed by atoms with Crippen LogP contribution in [0.2, 0.25) is 0 Å². The van der Waals surface area contributed by atoms with Crippen LogP contribution in [0.1, 0.15) is 17.3 Å². The van der Waals surface area contributed by atoms with Gasteiger partial charge >= 0.3 is 5.69 Å². The molecule has 0 bridgehead atoms. The van der Waals surface area contributed by atoms with Crippen molar-refractivity contribution in [2.45, 2.75) is 13.0 Å². The van der Waals surface area contributed by atoms with Crippen LogP contribution in [0.25, 0.3) is 0 Å². The Morgan fingerprint density at radius 1 is 1.58 bits per heavy atom. The minimum atomic E-state index is -1.07. The van der Waals surface area contributed by atoms with Crippen molar-refractivity contribution in [3.63, 3.8) is 0 Å². The summed E-state index contributed by atoms with van der Waals surface area (Å²) < 4.78 is 24.3. The van der Waals surface area contributed by atoms with Gasteiger partial charge in [0.05, 0.1) is 4.92 Å². The van der Waals surface area contributed by atoms with E-state index in [4.69, 9.17) is 0 Å². The highest BCUT2D eigenvalue weighted by molar-refractivity contribution is 7.84. The summed E-state index contributed by atoms with van der Waals surface area (Å²) in [5.74, 6) is -1.35. The quantitative estimate of drug-likeness (QED) is 0.652. The zero-order valence-corrected chi connectivity index (χ0v) is 11.2. The fraction of sp³-hybridized carbons (Fsp3) is 0.364. The highest BCUT2D eigenvalue weighted by Crippen LogP contribution is 2.17. The van der Waals surface area contributed by atoms with Gasteiger partial charge < -0.3 is 5.32 Å².